The zero-order valence-electron chi connectivity index (χ0n) is 24.8. The molecule has 7 nitrogen and oxygen atoms in total. The molecular formula is C34H35Cl2N3O4S. The molecule has 0 bridgehead atoms. The first-order chi connectivity index (χ1) is 21.0. The molecule has 0 aliphatic carbocycles. The van der Waals surface area contributed by atoms with Crippen molar-refractivity contribution >= 4 is 50.7 Å². The van der Waals surface area contributed by atoms with E-state index in [4.69, 9.17) is 23.2 Å². The maximum atomic E-state index is 14.5. The first kappa shape index (κ1) is 33.1. The Balaban J connectivity index is 1.82. The molecule has 0 aliphatic heterocycles. The normalized spacial score (nSPS) is 11.9. The quantitative estimate of drug-likeness (QED) is 0.187. The van der Waals surface area contributed by atoms with Crippen molar-refractivity contribution in [1.29, 1.82) is 0 Å². The number of carbonyl (C=O) groups is 2. The molecule has 0 aromatic heterocycles. The van der Waals surface area contributed by atoms with Gasteiger partial charge in [0, 0.05) is 29.6 Å². The maximum Gasteiger partial charge on any atom is 0.264 e. The number of nitrogens with one attached hydrogen (secondary N) is 1. The van der Waals surface area contributed by atoms with E-state index in [1.165, 1.54) is 17.0 Å². The number of anilines is 1. The maximum absolute atomic E-state index is 14.5. The molecule has 2 amide bonds. The standard InChI is InChI=1S/C34H35Cl2N3O4S/c1-4-37-34(41)32(20-26-11-7-5-8-12-26)38(22-27-16-17-28(35)21-31(27)36)33(40)23-39(29-18-15-24(2)25(3)19-29)44(42,43)30-13-9-6-10-14-30/h5-19,21,32H,4,20,22-23H2,1-3H3,(H,37,41). The predicted octanol–water partition coefficient (Wildman–Crippen LogP) is 6.58. The van der Waals surface area contributed by atoms with E-state index in [0.29, 0.717) is 27.8 Å². The summed E-state index contributed by atoms with van der Waals surface area (Å²) in [7, 11) is -4.17. The molecule has 44 heavy (non-hydrogen) atoms. The van der Waals surface area contributed by atoms with Crippen molar-refractivity contribution in [2.45, 2.75) is 44.7 Å². The Bertz CT molecular complexity index is 1720. The highest BCUT2D eigenvalue weighted by Gasteiger charge is 2.34. The van der Waals surface area contributed by atoms with E-state index < -0.39 is 28.5 Å². The number of halogens is 2. The van der Waals surface area contributed by atoms with Crippen molar-refractivity contribution in [3.8, 4) is 0 Å². The summed E-state index contributed by atoms with van der Waals surface area (Å²) in [4.78, 5) is 29.5. The Morgan fingerprint density at radius 1 is 0.841 bits per heavy atom. The van der Waals surface area contributed by atoms with Gasteiger partial charge in [-0.25, -0.2) is 8.42 Å². The topological polar surface area (TPSA) is 86.8 Å². The third-order valence-electron chi connectivity index (χ3n) is 7.37. The molecule has 1 unspecified atom stereocenters. The van der Waals surface area contributed by atoms with E-state index in [1.54, 1.807) is 55.5 Å². The Kier molecular flexibility index (Phi) is 11.1. The predicted molar refractivity (Wildman–Crippen MR) is 177 cm³/mol. The van der Waals surface area contributed by atoms with Crippen LogP contribution in [0.15, 0.2) is 102 Å². The Labute approximate surface area is 269 Å². The first-order valence-electron chi connectivity index (χ1n) is 14.2. The third kappa shape index (κ3) is 8.00. The second kappa shape index (κ2) is 14.8. The Morgan fingerprint density at radius 3 is 2.11 bits per heavy atom. The molecule has 0 saturated heterocycles. The number of aryl methyl sites for hydroxylation is 2. The van der Waals surface area contributed by atoms with Gasteiger partial charge in [-0.05, 0) is 79.4 Å². The van der Waals surface area contributed by atoms with Crippen LogP contribution in [-0.4, -0.2) is 44.3 Å². The minimum atomic E-state index is -4.17. The number of carbonyl (C=O) groups excluding carboxylic acids is 2. The molecule has 1 atom stereocenters. The van der Waals surface area contributed by atoms with E-state index in [2.05, 4.69) is 5.32 Å². The van der Waals surface area contributed by atoms with Gasteiger partial charge in [0.15, 0.2) is 0 Å². The summed E-state index contributed by atoms with van der Waals surface area (Å²) in [5.74, 6) is -0.931. The van der Waals surface area contributed by atoms with Crippen molar-refractivity contribution in [1.82, 2.24) is 10.2 Å². The molecule has 0 heterocycles. The van der Waals surface area contributed by atoms with Gasteiger partial charge in [-0.15, -0.1) is 0 Å². The summed E-state index contributed by atoms with van der Waals surface area (Å²) in [6, 6.07) is 26.5. The Hall–Kier alpha value is -3.85. The number of hydrogen-bond donors (Lipinski definition) is 1. The lowest BCUT2D eigenvalue weighted by Gasteiger charge is -2.34. The smallest absolute Gasteiger partial charge is 0.264 e. The SMILES string of the molecule is CCNC(=O)C(Cc1ccccc1)N(Cc1ccc(Cl)cc1Cl)C(=O)CN(c1ccc(C)c(C)c1)S(=O)(=O)c1ccccc1. The van der Waals surface area contributed by atoms with Crippen LogP contribution in [-0.2, 0) is 32.6 Å². The minimum Gasteiger partial charge on any atom is -0.355 e. The lowest BCUT2D eigenvalue weighted by Crippen LogP contribution is -2.53. The van der Waals surface area contributed by atoms with Gasteiger partial charge >= 0.3 is 0 Å². The second-order valence-corrected chi connectivity index (χ2v) is 13.2. The van der Waals surface area contributed by atoms with Gasteiger partial charge in [0.05, 0.1) is 10.6 Å². The number of hydrogen-bond acceptors (Lipinski definition) is 4. The average molecular weight is 653 g/mol. The van der Waals surface area contributed by atoms with Gasteiger partial charge in [0.2, 0.25) is 11.8 Å². The van der Waals surface area contributed by atoms with Crippen LogP contribution < -0.4 is 9.62 Å². The summed E-state index contributed by atoms with van der Waals surface area (Å²) in [6.45, 7) is 5.37. The lowest BCUT2D eigenvalue weighted by molar-refractivity contribution is -0.140. The lowest BCUT2D eigenvalue weighted by atomic mass is 10.0. The van der Waals surface area contributed by atoms with Crippen LogP contribution in [0.3, 0.4) is 0 Å². The van der Waals surface area contributed by atoms with Crippen LogP contribution in [0.5, 0.6) is 0 Å². The molecule has 0 fully saturated rings. The molecule has 230 valence electrons. The van der Waals surface area contributed by atoms with E-state index in [9.17, 15) is 18.0 Å². The fraction of sp³-hybridized carbons (Fsp3) is 0.235. The van der Waals surface area contributed by atoms with Gasteiger partial charge < -0.3 is 10.2 Å². The zero-order chi connectivity index (χ0) is 31.9. The molecular weight excluding hydrogens is 617 g/mol. The number of rotatable bonds is 12. The minimum absolute atomic E-state index is 0.0443. The number of nitrogens with zero attached hydrogens (tertiary/aromatic N) is 2. The number of amides is 2. The summed E-state index contributed by atoms with van der Waals surface area (Å²) < 4.78 is 29.3. The van der Waals surface area contributed by atoms with Gasteiger partial charge in [0.25, 0.3) is 10.0 Å². The fourth-order valence-electron chi connectivity index (χ4n) is 4.81. The third-order valence-corrected chi connectivity index (χ3v) is 9.74. The number of sulfonamides is 1. The molecule has 0 aliphatic rings. The van der Waals surface area contributed by atoms with Crippen LogP contribution >= 0.6 is 23.2 Å². The van der Waals surface area contributed by atoms with Crippen LogP contribution in [0.2, 0.25) is 10.0 Å². The fourth-order valence-corrected chi connectivity index (χ4v) is 6.70. The van der Waals surface area contributed by atoms with Crippen LogP contribution in [0.25, 0.3) is 0 Å². The van der Waals surface area contributed by atoms with E-state index in [1.807, 2.05) is 50.2 Å². The molecule has 10 heteroatoms. The highest BCUT2D eigenvalue weighted by atomic mass is 35.5. The van der Waals surface area contributed by atoms with Crippen molar-refractivity contribution in [2.24, 2.45) is 0 Å². The molecule has 4 rings (SSSR count). The van der Waals surface area contributed by atoms with Crippen molar-refractivity contribution in [2.75, 3.05) is 17.4 Å². The van der Waals surface area contributed by atoms with Crippen molar-refractivity contribution in [3.63, 3.8) is 0 Å². The van der Waals surface area contributed by atoms with Crippen LogP contribution in [0.4, 0.5) is 5.69 Å². The van der Waals surface area contributed by atoms with Gasteiger partial charge in [-0.3, -0.25) is 13.9 Å². The molecule has 4 aromatic rings. The largest absolute Gasteiger partial charge is 0.355 e. The molecule has 0 radical (unpaired) electrons. The van der Waals surface area contributed by atoms with Gasteiger partial charge in [0.1, 0.15) is 12.6 Å². The van der Waals surface area contributed by atoms with E-state index >= 15 is 0 Å². The van der Waals surface area contributed by atoms with E-state index in [0.717, 1.165) is 21.0 Å². The summed E-state index contributed by atoms with van der Waals surface area (Å²) >= 11 is 12.7. The number of benzene rings is 4. The zero-order valence-corrected chi connectivity index (χ0v) is 27.2. The van der Waals surface area contributed by atoms with Crippen LogP contribution in [0, 0.1) is 13.8 Å². The summed E-state index contributed by atoms with van der Waals surface area (Å²) in [5, 5.41) is 3.60. The molecule has 0 saturated carbocycles. The molecule has 0 spiro atoms. The first-order valence-corrected chi connectivity index (χ1v) is 16.4. The average Bonchev–Trinajstić information content (AvgIpc) is 3.01. The summed E-state index contributed by atoms with van der Waals surface area (Å²) in [5.41, 5.74) is 3.60. The second-order valence-electron chi connectivity index (χ2n) is 10.5. The highest BCUT2D eigenvalue weighted by molar-refractivity contribution is 7.92. The van der Waals surface area contributed by atoms with Gasteiger partial charge in [-0.2, -0.15) is 0 Å². The summed E-state index contributed by atoms with van der Waals surface area (Å²) in [6.07, 6.45) is 0.207. The number of likely N-dealkylation sites (N-methyl/N-ethyl adjacent to an activating group) is 1. The van der Waals surface area contributed by atoms with Crippen molar-refractivity contribution in [3.05, 3.63) is 129 Å². The molecule has 4 aromatic carbocycles. The van der Waals surface area contributed by atoms with Crippen LogP contribution in [0.1, 0.15) is 29.2 Å². The monoisotopic (exact) mass is 651 g/mol. The van der Waals surface area contributed by atoms with Gasteiger partial charge in [-0.1, -0.05) is 83.9 Å². The highest BCUT2D eigenvalue weighted by Crippen LogP contribution is 2.28. The van der Waals surface area contributed by atoms with Crippen molar-refractivity contribution < 1.29 is 18.0 Å². The molecule has 1 N–H and O–H groups in total. The van der Waals surface area contributed by atoms with E-state index in [-0.39, 0.29) is 23.8 Å². The Morgan fingerprint density at radius 2 is 1.50 bits per heavy atom.